The molecule has 0 aromatic heterocycles. The van der Waals surface area contributed by atoms with Crippen LogP contribution >= 0.6 is 11.8 Å². The van der Waals surface area contributed by atoms with E-state index >= 15 is 0 Å². The summed E-state index contributed by atoms with van der Waals surface area (Å²) < 4.78 is 0. The Hall–Kier alpha value is -1.00. The monoisotopic (exact) mass is 278 g/mol. The number of rotatable bonds is 5. The van der Waals surface area contributed by atoms with Crippen LogP contribution in [-0.4, -0.2) is 42.2 Å². The van der Waals surface area contributed by atoms with Gasteiger partial charge in [0.1, 0.15) is 0 Å². The Labute approximate surface area is 119 Å². The number of benzene rings is 1. The third kappa shape index (κ3) is 4.25. The molecule has 1 aromatic carbocycles. The SMILES string of the molecule is CCN(C(=O)CSc1ccccc1)C1CCCNC1. The predicted octanol–water partition coefficient (Wildman–Crippen LogP) is 2.38. The molecule has 1 amide bonds. The lowest BCUT2D eigenvalue weighted by molar-refractivity contribution is -0.130. The van der Waals surface area contributed by atoms with Crippen molar-refractivity contribution in [1.29, 1.82) is 0 Å². The van der Waals surface area contributed by atoms with E-state index in [1.165, 1.54) is 6.42 Å². The maximum absolute atomic E-state index is 12.3. The lowest BCUT2D eigenvalue weighted by Crippen LogP contribution is -2.49. The number of hydrogen-bond acceptors (Lipinski definition) is 3. The summed E-state index contributed by atoms with van der Waals surface area (Å²) in [5, 5.41) is 3.38. The number of hydrogen-bond donors (Lipinski definition) is 1. The van der Waals surface area contributed by atoms with Crippen LogP contribution in [-0.2, 0) is 4.79 Å². The summed E-state index contributed by atoms with van der Waals surface area (Å²) in [6.07, 6.45) is 2.29. The lowest BCUT2D eigenvalue weighted by Gasteiger charge is -2.34. The fourth-order valence-corrected chi connectivity index (χ4v) is 3.29. The van der Waals surface area contributed by atoms with E-state index in [4.69, 9.17) is 0 Å². The normalized spacial score (nSPS) is 19.1. The summed E-state index contributed by atoms with van der Waals surface area (Å²) in [6.45, 7) is 4.90. The smallest absolute Gasteiger partial charge is 0.233 e. The molecule has 104 valence electrons. The highest BCUT2D eigenvalue weighted by Crippen LogP contribution is 2.19. The minimum atomic E-state index is 0.255. The highest BCUT2D eigenvalue weighted by Gasteiger charge is 2.23. The second-order valence-electron chi connectivity index (χ2n) is 4.78. The predicted molar refractivity (Wildman–Crippen MR) is 80.4 cm³/mol. The summed E-state index contributed by atoms with van der Waals surface area (Å²) in [5.41, 5.74) is 0. The van der Waals surface area contributed by atoms with Gasteiger partial charge < -0.3 is 10.2 Å². The molecule has 1 heterocycles. The number of nitrogens with zero attached hydrogens (tertiary/aromatic N) is 1. The molecule has 1 fully saturated rings. The van der Waals surface area contributed by atoms with Crippen LogP contribution in [0.4, 0.5) is 0 Å². The van der Waals surface area contributed by atoms with Crippen LogP contribution in [0.2, 0.25) is 0 Å². The molecule has 19 heavy (non-hydrogen) atoms. The van der Waals surface area contributed by atoms with Gasteiger partial charge in [0.05, 0.1) is 5.75 Å². The lowest BCUT2D eigenvalue weighted by atomic mass is 10.1. The molecule has 1 aliphatic heterocycles. The zero-order chi connectivity index (χ0) is 13.5. The third-order valence-electron chi connectivity index (χ3n) is 3.48. The summed E-state index contributed by atoms with van der Waals surface area (Å²) in [5.74, 6) is 0.791. The standard InChI is InChI=1S/C15H22N2OS/c1-2-17(13-7-6-10-16-11-13)15(18)12-19-14-8-4-3-5-9-14/h3-5,8-9,13,16H,2,6-7,10-12H2,1H3. The maximum atomic E-state index is 12.3. The molecule has 4 heteroatoms. The molecular weight excluding hydrogens is 256 g/mol. The van der Waals surface area contributed by atoms with E-state index in [-0.39, 0.29) is 5.91 Å². The van der Waals surface area contributed by atoms with Crippen molar-refractivity contribution in [2.45, 2.75) is 30.7 Å². The van der Waals surface area contributed by atoms with Crippen molar-refractivity contribution >= 4 is 17.7 Å². The van der Waals surface area contributed by atoms with Crippen LogP contribution in [0.1, 0.15) is 19.8 Å². The molecular formula is C15H22N2OS. The first-order valence-corrected chi connectivity index (χ1v) is 7.98. The van der Waals surface area contributed by atoms with Crippen LogP contribution in [0, 0.1) is 0 Å². The van der Waals surface area contributed by atoms with Crippen molar-refractivity contribution in [3.8, 4) is 0 Å². The molecule has 0 saturated carbocycles. The second kappa shape index (κ2) is 7.56. The van der Waals surface area contributed by atoms with Gasteiger partial charge in [-0.1, -0.05) is 18.2 Å². The zero-order valence-electron chi connectivity index (χ0n) is 11.5. The largest absolute Gasteiger partial charge is 0.338 e. The number of carbonyl (C=O) groups is 1. The Morgan fingerprint density at radius 2 is 2.21 bits per heavy atom. The quantitative estimate of drug-likeness (QED) is 0.839. The van der Waals surface area contributed by atoms with Crippen molar-refractivity contribution in [1.82, 2.24) is 10.2 Å². The molecule has 1 N–H and O–H groups in total. The van der Waals surface area contributed by atoms with Crippen molar-refractivity contribution in [2.24, 2.45) is 0 Å². The third-order valence-corrected chi connectivity index (χ3v) is 4.47. The molecule has 0 bridgehead atoms. The van der Waals surface area contributed by atoms with E-state index in [2.05, 4.69) is 24.4 Å². The van der Waals surface area contributed by atoms with Crippen LogP contribution < -0.4 is 5.32 Å². The van der Waals surface area contributed by atoms with E-state index in [0.29, 0.717) is 11.8 Å². The maximum Gasteiger partial charge on any atom is 0.233 e. The molecule has 0 radical (unpaired) electrons. The Balaban J connectivity index is 1.86. The number of thioether (sulfide) groups is 1. The van der Waals surface area contributed by atoms with Gasteiger partial charge in [0.2, 0.25) is 5.91 Å². The van der Waals surface area contributed by atoms with Crippen molar-refractivity contribution in [3.05, 3.63) is 30.3 Å². The van der Waals surface area contributed by atoms with Crippen LogP contribution in [0.5, 0.6) is 0 Å². The molecule has 1 atom stereocenters. The second-order valence-corrected chi connectivity index (χ2v) is 5.83. The van der Waals surface area contributed by atoms with Gasteiger partial charge in [0.25, 0.3) is 0 Å². The average molecular weight is 278 g/mol. The summed E-state index contributed by atoms with van der Waals surface area (Å²) >= 11 is 1.62. The van der Waals surface area contributed by atoms with Gasteiger partial charge in [-0.05, 0) is 38.4 Å². The Morgan fingerprint density at radius 1 is 1.42 bits per heavy atom. The summed E-state index contributed by atoms with van der Waals surface area (Å²) in [4.78, 5) is 15.5. The van der Waals surface area contributed by atoms with Gasteiger partial charge >= 0.3 is 0 Å². The summed E-state index contributed by atoms with van der Waals surface area (Å²) in [6, 6.07) is 10.5. The molecule has 1 unspecified atom stereocenters. The van der Waals surface area contributed by atoms with Crippen LogP contribution in [0.25, 0.3) is 0 Å². The highest BCUT2D eigenvalue weighted by atomic mass is 32.2. The van der Waals surface area contributed by atoms with E-state index in [1.54, 1.807) is 11.8 Å². The molecule has 0 spiro atoms. The van der Waals surface area contributed by atoms with Gasteiger partial charge in [-0.25, -0.2) is 0 Å². The topological polar surface area (TPSA) is 32.3 Å². The molecule has 3 nitrogen and oxygen atoms in total. The number of carbonyl (C=O) groups excluding carboxylic acids is 1. The highest BCUT2D eigenvalue weighted by molar-refractivity contribution is 8.00. The zero-order valence-corrected chi connectivity index (χ0v) is 12.3. The fourth-order valence-electron chi connectivity index (χ4n) is 2.48. The Kier molecular flexibility index (Phi) is 5.73. The van der Waals surface area contributed by atoms with Gasteiger partial charge in [0, 0.05) is 24.0 Å². The van der Waals surface area contributed by atoms with Gasteiger partial charge in [-0.15, -0.1) is 11.8 Å². The van der Waals surface area contributed by atoms with Gasteiger partial charge in [-0.2, -0.15) is 0 Å². The van der Waals surface area contributed by atoms with Crippen LogP contribution in [0.3, 0.4) is 0 Å². The Morgan fingerprint density at radius 3 is 2.84 bits per heavy atom. The van der Waals surface area contributed by atoms with Gasteiger partial charge in [0.15, 0.2) is 0 Å². The Bertz CT molecular complexity index is 390. The first-order valence-electron chi connectivity index (χ1n) is 6.99. The first kappa shape index (κ1) is 14.4. The minimum absolute atomic E-state index is 0.255. The van der Waals surface area contributed by atoms with Crippen LogP contribution in [0.15, 0.2) is 35.2 Å². The van der Waals surface area contributed by atoms with E-state index in [0.717, 1.165) is 31.0 Å². The minimum Gasteiger partial charge on any atom is -0.338 e. The molecule has 1 aliphatic rings. The fraction of sp³-hybridized carbons (Fsp3) is 0.533. The number of nitrogens with one attached hydrogen (secondary N) is 1. The average Bonchev–Trinajstić information content (AvgIpc) is 2.48. The number of piperidine rings is 1. The number of amides is 1. The van der Waals surface area contributed by atoms with E-state index < -0.39 is 0 Å². The molecule has 0 aliphatic carbocycles. The van der Waals surface area contributed by atoms with Crippen molar-refractivity contribution in [3.63, 3.8) is 0 Å². The molecule has 2 rings (SSSR count). The first-order chi connectivity index (χ1) is 9.31. The van der Waals surface area contributed by atoms with Gasteiger partial charge in [-0.3, -0.25) is 4.79 Å². The number of likely N-dealkylation sites (N-methyl/N-ethyl adjacent to an activating group) is 1. The van der Waals surface area contributed by atoms with E-state index in [1.807, 2.05) is 23.1 Å². The summed E-state index contributed by atoms with van der Waals surface area (Å²) in [7, 11) is 0. The molecule has 1 aromatic rings. The van der Waals surface area contributed by atoms with Crippen molar-refractivity contribution < 1.29 is 4.79 Å². The molecule has 1 saturated heterocycles. The van der Waals surface area contributed by atoms with Crippen molar-refractivity contribution in [2.75, 3.05) is 25.4 Å². The van der Waals surface area contributed by atoms with E-state index in [9.17, 15) is 4.79 Å².